The van der Waals surface area contributed by atoms with E-state index in [0.29, 0.717) is 6.42 Å². The first-order chi connectivity index (χ1) is 32.2. The molecular formula is C61H40N4. The van der Waals surface area contributed by atoms with Gasteiger partial charge in [-0.25, -0.2) is 0 Å². The van der Waals surface area contributed by atoms with Crippen molar-refractivity contribution in [2.45, 2.75) is 6.42 Å². The van der Waals surface area contributed by atoms with Crippen molar-refractivity contribution in [1.82, 2.24) is 18.3 Å². The molecule has 0 spiro atoms. The Labute approximate surface area is 374 Å². The molecule has 0 saturated heterocycles. The van der Waals surface area contributed by atoms with E-state index in [1.54, 1.807) is 0 Å². The van der Waals surface area contributed by atoms with E-state index in [9.17, 15) is 0 Å². The molecule has 304 valence electrons. The van der Waals surface area contributed by atoms with Crippen LogP contribution in [0.25, 0.3) is 110 Å². The van der Waals surface area contributed by atoms with Crippen LogP contribution in [0.3, 0.4) is 0 Å². The highest BCUT2D eigenvalue weighted by Gasteiger charge is 2.20. The molecule has 0 fully saturated rings. The summed E-state index contributed by atoms with van der Waals surface area (Å²) in [5.41, 5.74) is 16.6. The van der Waals surface area contributed by atoms with Gasteiger partial charge in [0.1, 0.15) is 0 Å². The van der Waals surface area contributed by atoms with Crippen LogP contribution in [0, 0.1) is 0 Å². The molecule has 0 unspecified atom stereocenters. The molecule has 0 aliphatic rings. The summed E-state index contributed by atoms with van der Waals surface area (Å²) in [6.07, 6.45) is 0.713. The molecule has 4 aromatic heterocycles. The van der Waals surface area contributed by atoms with E-state index < -0.39 is 0 Å². The molecule has 65 heavy (non-hydrogen) atoms. The molecule has 10 aromatic carbocycles. The molecule has 4 nitrogen and oxygen atoms in total. The first-order valence-electron chi connectivity index (χ1n) is 22.5. The summed E-state index contributed by atoms with van der Waals surface area (Å²) in [5.74, 6) is 0. The predicted octanol–water partition coefficient (Wildman–Crippen LogP) is 15.7. The monoisotopic (exact) mass is 828 g/mol. The van der Waals surface area contributed by atoms with Crippen LogP contribution in [-0.2, 0) is 6.42 Å². The second-order valence-electron chi connectivity index (χ2n) is 17.4. The van der Waals surface area contributed by atoms with Gasteiger partial charge in [0.2, 0.25) is 0 Å². The molecule has 0 N–H and O–H groups in total. The van der Waals surface area contributed by atoms with E-state index in [1.807, 2.05) is 0 Å². The summed E-state index contributed by atoms with van der Waals surface area (Å²) in [4.78, 5) is 0. The summed E-state index contributed by atoms with van der Waals surface area (Å²) >= 11 is 0. The maximum absolute atomic E-state index is 2.46. The minimum Gasteiger partial charge on any atom is -0.309 e. The number of hydrogen-bond donors (Lipinski definition) is 0. The molecule has 4 heterocycles. The van der Waals surface area contributed by atoms with E-state index in [4.69, 9.17) is 0 Å². The van der Waals surface area contributed by atoms with Gasteiger partial charge in [-0.3, -0.25) is 0 Å². The molecule has 4 heteroatoms. The fourth-order valence-corrected chi connectivity index (χ4v) is 11.1. The lowest BCUT2D eigenvalue weighted by Crippen LogP contribution is -2.04. The summed E-state index contributed by atoms with van der Waals surface area (Å²) in [5, 5.41) is 10.0. The normalized spacial score (nSPS) is 12.1. The summed E-state index contributed by atoms with van der Waals surface area (Å²) in [6, 6.07) is 85.0. The molecular weight excluding hydrogens is 789 g/mol. The minimum absolute atomic E-state index is 0.713. The molecule has 14 aromatic rings. The second kappa shape index (κ2) is 14.0. The van der Waals surface area contributed by atoms with Gasteiger partial charge in [-0.1, -0.05) is 146 Å². The third-order valence-corrected chi connectivity index (χ3v) is 13.7. The van der Waals surface area contributed by atoms with Gasteiger partial charge < -0.3 is 18.3 Å². The quantitative estimate of drug-likeness (QED) is 0.159. The molecule has 14 rings (SSSR count). The molecule has 0 bridgehead atoms. The number of nitrogens with zero attached hydrogens (tertiary/aromatic N) is 4. The Morgan fingerprint density at radius 3 is 0.554 bits per heavy atom. The molecule has 0 atom stereocenters. The van der Waals surface area contributed by atoms with Crippen LogP contribution < -0.4 is 0 Å². The average molecular weight is 829 g/mol. The number of para-hydroxylation sites is 8. The van der Waals surface area contributed by atoms with E-state index in [-0.39, 0.29) is 0 Å². The third-order valence-electron chi connectivity index (χ3n) is 13.7. The van der Waals surface area contributed by atoms with Crippen LogP contribution in [0.2, 0.25) is 0 Å². The van der Waals surface area contributed by atoms with Crippen molar-refractivity contribution in [2.75, 3.05) is 0 Å². The van der Waals surface area contributed by atoms with Crippen molar-refractivity contribution in [2.24, 2.45) is 0 Å². The zero-order valence-corrected chi connectivity index (χ0v) is 35.4. The van der Waals surface area contributed by atoms with Crippen LogP contribution in [0.1, 0.15) is 11.1 Å². The largest absolute Gasteiger partial charge is 0.309 e. The standard InChI is InChI=1S/C61H40N4/c1-9-25-54-46(17-1)47-18-2-10-26-55(47)62(54)42-34-40(35-43(38-42)63-56-27-11-3-19-48(56)49-20-4-12-28-57(49)63)33-41-36-44(64-58-29-13-5-21-50(58)51-22-6-14-30-59(51)64)39-45(37-41)65-60-31-15-7-23-52(60)53-24-8-16-32-61(53)65/h1-32,34-39H,33H2. The molecule has 0 saturated carbocycles. The second-order valence-corrected chi connectivity index (χ2v) is 17.4. The predicted molar refractivity (Wildman–Crippen MR) is 273 cm³/mol. The SMILES string of the molecule is c1ccc2c(c1)c1ccccc1n2-c1cc(Cc2cc(-n3c4ccccc4c4ccccc43)cc(-n3c4ccccc4c4ccccc43)c2)cc(-n2c3ccccc3c3ccccc32)c1. The number of benzene rings is 10. The average Bonchev–Trinajstić information content (AvgIpc) is 4.09. The molecule has 0 amide bonds. The Morgan fingerprint density at radius 2 is 0.369 bits per heavy atom. The van der Waals surface area contributed by atoms with Gasteiger partial charge in [0.15, 0.2) is 0 Å². The van der Waals surface area contributed by atoms with Crippen LogP contribution in [-0.4, -0.2) is 18.3 Å². The van der Waals surface area contributed by atoms with Crippen molar-refractivity contribution in [3.8, 4) is 22.7 Å². The Balaban J connectivity index is 1.05. The van der Waals surface area contributed by atoms with Gasteiger partial charge in [0.05, 0.1) is 44.1 Å². The van der Waals surface area contributed by atoms with Crippen LogP contribution >= 0.6 is 0 Å². The van der Waals surface area contributed by atoms with Crippen molar-refractivity contribution in [3.05, 3.63) is 242 Å². The van der Waals surface area contributed by atoms with Gasteiger partial charge in [-0.2, -0.15) is 0 Å². The lowest BCUT2D eigenvalue weighted by Gasteiger charge is -2.18. The summed E-state index contributed by atoms with van der Waals surface area (Å²) in [7, 11) is 0. The van der Waals surface area contributed by atoms with E-state index in [2.05, 4.69) is 249 Å². The van der Waals surface area contributed by atoms with E-state index in [1.165, 1.54) is 98.4 Å². The Kier molecular flexibility index (Phi) is 7.71. The lowest BCUT2D eigenvalue weighted by atomic mass is 10.0. The summed E-state index contributed by atoms with van der Waals surface area (Å²) < 4.78 is 9.85. The first-order valence-corrected chi connectivity index (χ1v) is 22.5. The van der Waals surface area contributed by atoms with E-state index >= 15 is 0 Å². The van der Waals surface area contributed by atoms with E-state index in [0.717, 1.165) is 22.7 Å². The first kappa shape index (κ1) is 35.9. The summed E-state index contributed by atoms with van der Waals surface area (Å²) in [6.45, 7) is 0. The zero-order valence-electron chi connectivity index (χ0n) is 35.4. The molecule has 0 aliphatic carbocycles. The number of hydrogen-bond acceptors (Lipinski definition) is 0. The van der Waals surface area contributed by atoms with Crippen LogP contribution in [0.4, 0.5) is 0 Å². The maximum atomic E-state index is 2.46. The Morgan fingerprint density at radius 1 is 0.200 bits per heavy atom. The molecule has 0 aliphatic heterocycles. The van der Waals surface area contributed by atoms with Gasteiger partial charge in [-0.05, 0) is 102 Å². The van der Waals surface area contributed by atoms with Crippen molar-refractivity contribution in [3.63, 3.8) is 0 Å². The lowest BCUT2D eigenvalue weighted by molar-refractivity contribution is 1.08. The Bertz CT molecular complexity index is 3480. The topological polar surface area (TPSA) is 19.7 Å². The van der Waals surface area contributed by atoms with Crippen molar-refractivity contribution < 1.29 is 0 Å². The molecule has 0 radical (unpaired) electrons. The minimum atomic E-state index is 0.713. The van der Waals surface area contributed by atoms with Gasteiger partial charge in [-0.15, -0.1) is 0 Å². The Hall–Kier alpha value is -8.60. The fraction of sp³-hybridized carbons (Fsp3) is 0.0164. The van der Waals surface area contributed by atoms with Crippen LogP contribution in [0.15, 0.2) is 231 Å². The highest BCUT2D eigenvalue weighted by atomic mass is 15.0. The van der Waals surface area contributed by atoms with Crippen molar-refractivity contribution in [1.29, 1.82) is 0 Å². The maximum Gasteiger partial charge on any atom is 0.0541 e. The number of rotatable bonds is 6. The van der Waals surface area contributed by atoms with Gasteiger partial charge in [0.25, 0.3) is 0 Å². The fourth-order valence-electron chi connectivity index (χ4n) is 11.1. The van der Waals surface area contributed by atoms with Crippen LogP contribution in [0.5, 0.6) is 0 Å². The number of fused-ring (bicyclic) bond motifs is 12. The van der Waals surface area contributed by atoms with Gasteiger partial charge >= 0.3 is 0 Å². The number of aromatic nitrogens is 4. The van der Waals surface area contributed by atoms with Gasteiger partial charge in [0, 0.05) is 65.8 Å². The highest BCUT2D eigenvalue weighted by Crippen LogP contribution is 2.39. The van der Waals surface area contributed by atoms with Crippen molar-refractivity contribution >= 4 is 87.2 Å². The highest BCUT2D eigenvalue weighted by molar-refractivity contribution is 6.12. The zero-order chi connectivity index (χ0) is 42.6. The third kappa shape index (κ3) is 5.38. The smallest absolute Gasteiger partial charge is 0.0541 e.